The predicted molar refractivity (Wildman–Crippen MR) is 65.8 cm³/mol. The highest BCUT2D eigenvalue weighted by molar-refractivity contribution is 7.79. The summed E-state index contributed by atoms with van der Waals surface area (Å²) in [5, 5.41) is 0.925. The third-order valence-electron chi connectivity index (χ3n) is 1.98. The van der Waals surface area contributed by atoms with Crippen LogP contribution >= 0.6 is 0 Å². The summed E-state index contributed by atoms with van der Waals surface area (Å²) in [7, 11) is -4.67. The van der Waals surface area contributed by atoms with Crippen molar-refractivity contribution < 1.29 is 21.9 Å². The van der Waals surface area contributed by atoms with Gasteiger partial charge in [0, 0.05) is 23.2 Å². The molecule has 0 aliphatic rings. The number of anilines is 1. The Balaban J connectivity index is 0.000000280. The lowest BCUT2D eigenvalue weighted by atomic mass is 10.1. The van der Waals surface area contributed by atoms with Crippen molar-refractivity contribution in [1.29, 1.82) is 0 Å². The standard InChI is InChI=1S/C10H9NO2.H2O4S/c1-6-4-10(12)13-9-5-7(11)2-3-8(6)9;1-5(2,3)4/h2-5H,11H2,1H3;(H2,1,2,3,4). The first-order chi connectivity index (χ1) is 8.16. The highest BCUT2D eigenvalue weighted by Gasteiger charge is 2.01. The molecular weight excluding hydrogens is 262 g/mol. The van der Waals surface area contributed by atoms with E-state index in [1.54, 1.807) is 12.1 Å². The van der Waals surface area contributed by atoms with Gasteiger partial charge in [0.15, 0.2) is 0 Å². The number of aryl methyl sites for hydroxylation is 1. The molecule has 0 saturated heterocycles. The Morgan fingerprint density at radius 3 is 2.33 bits per heavy atom. The van der Waals surface area contributed by atoms with Crippen LogP contribution in [0.5, 0.6) is 0 Å². The van der Waals surface area contributed by atoms with Crippen LogP contribution in [0.3, 0.4) is 0 Å². The summed E-state index contributed by atoms with van der Waals surface area (Å²) in [6.07, 6.45) is 0. The molecule has 18 heavy (non-hydrogen) atoms. The van der Waals surface area contributed by atoms with E-state index in [0.29, 0.717) is 11.3 Å². The molecule has 2 aromatic rings. The van der Waals surface area contributed by atoms with Crippen molar-refractivity contribution in [2.24, 2.45) is 0 Å². The molecule has 0 bridgehead atoms. The second-order valence-corrected chi connectivity index (χ2v) is 4.35. The fraction of sp³-hybridized carbons (Fsp3) is 0.100. The fourth-order valence-corrected chi connectivity index (χ4v) is 1.34. The first kappa shape index (κ1) is 14.2. The average Bonchev–Trinajstić information content (AvgIpc) is 2.13. The lowest BCUT2D eigenvalue weighted by Gasteiger charge is -2.00. The largest absolute Gasteiger partial charge is 0.423 e. The quantitative estimate of drug-likeness (QED) is 0.371. The van der Waals surface area contributed by atoms with E-state index in [-0.39, 0.29) is 5.63 Å². The summed E-state index contributed by atoms with van der Waals surface area (Å²) in [6, 6.07) is 6.76. The maximum atomic E-state index is 11.0. The molecule has 0 fully saturated rings. The number of benzene rings is 1. The van der Waals surface area contributed by atoms with Crippen LogP contribution in [0.2, 0.25) is 0 Å². The van der Waals surface area contributed by atoms with E-state index in [1.165, 1.54) is 6.07 Å². The molecular formula is C10H11NO6S. The van der Waals surface area contributed by atoms with Gasteiger partial charge >= 0.3 is 16.0 Å². The van der Waals surface area contributed by atoms with Gasteiger partial charge in [-0.25, -0.2) is 4.79 Å². The fourth-order valence-electron chi connectivity index (χ4n) is 1.34. The van der Waals surface area contributed by atoms with Gasteiger partial charge in [0.2, 0.25) is 0 Å². The summed E-state index contributed by atoms with van der Waals surface area (Å²) in [5.74, 6) is 0. The molecule has 1 aromatic heterocycles. The van der Waals surface area contributed by atoms with Crippen molar-refractivity contribution in [2.75, 3.05) is 5.73 Å². The molecule has 1 aromatic carbocycles. The van der Waals surface area contributed by atoms with Crippen molar-refractivity contribution in [3.8, 4) is 0 Å². The van der Waals surface area contributed by atoms with Gasteiger partial charge < -0.3 is 10.2 Å². The molecule has 98 valence electrons. The average molecular weight is 273 g/mol. The van der Waals surface area contributed by atoms with Crippen LogP contribution in [-0.4, -0.2) is 17.5 Å². The normalized spacial score (nSPS) is 10.8. The highest BCUT2D eigenvalue weighted by atomic mass is 32.3. The summed E-state index contributed by atoms with van der Waals surface area (Å²) < 4.78 is 36.6. The highest BCUT2D eigenvalue weighted by Crippen LogP contribution is 2.18. The van der Waals surface area contributed by atoms with Crippen molar-refractivity contribution in [1.82, 2.24) is 0 Å². The van der Waals surface area contributed by atoms with Crippen LogP contribution in [0.25, 0.3) is 11.0 Å². The number of nitrogens with two attached hydrogens (primary N) is 1. The van der Waals surface area contributed by atoms with E-state index < -0.39 is 10.4 Å². The summed E-state index contributed by atoms with van der Waals surface area (Å²) in [4.78, 5) is 11.0. The molecule has 7 nitrogen and oxygen atoms in total. The van der Waals surface area contributed by atoms with E-state index in [0.717, 1.165) is 10.9 Å². The first-order valence-corrected chi connectivity index (χ1v) is 6.06. The van der Waals surface area contributed by atoms with Crippen LogP contribution in [0, 0.1) is 6.92 Å². The Kier molecular flexibility index (Phi) is 4.07. The Hall–Kier alpha value is -1.90. The van der Waals surface area contributed by atoms with Crippen molar-refractivity contribution in [2.45, 2.75) is 6.92 Å². The second-order valence-electron chi connectivity index (χ2n) is 3.45. The molecule has 0 saturated carbocycles. The number of hydrogen-bond acceptors (Lipinski definition) is 5. The Labute approximate surface area is 102 Å². The van der Waals surface area contributed by atoms with Crippen molar-refractivity contribution in [3.05, 3.63) is 40.2 Å². The Morgan fingerprint density at radius 1 is 1.22 bits per heavy atom. The first-order valence-electron chi connectivity index (χ1n) is 4.66. The molecule has 0 unspecified atom stereocenters. The molecule has 1 heterocycles. The van der Waals surface area contributed by atoms with Gasteiger partial charge in [0.1, 0.15) is 5.58 Å². The zero-order valence-corrected chi connectivity index (χ0v) is 10.1. The minimum absolute atomic E-state index is 0.337. The third kappa shape index (κ3) is 4.53. The molecule has 4 N–H and O–H groups in total. The van der Waals surface area contributed by atoms with Crippen molar-refractivity contribution in [3.63, 3.8) is 0 Å². The molecule has 0 spiro atoms. The maximum Gasteiger partial charge on any atom is 0.394 e. The second kappa shape index (κ2) is 5.17. The summed E-state index contributed by atoms with van der Waals surface area (Å²) >= 11 is 0. The molecule has 8 heteroatoms. The van der Waals surface area contributed by atoms with Gasteiger partial charge in [-0.3, -0.25) is 9.11 Å². The maximum absolute atomic E-state index is 11.0. The summed E-state index contributed by atoms with van der Waals surface area (Å²) in [5.41, 5.74) is 7.28. The number of hydrogen-bond donors (Lipinski definition) is 3. The van der Waals surface area contributed by atoms with Crippen LogP contribution in [0.15, 0.2) is 33.5 Å². The lowest BCUT2D eigenvalue weighted by Crippen LogP contribution is -1.98. The van der Waals surface area contributed by atoms with Gasteiger partial charge in [0.05, 0.1) is 0 Å². The summed E-state index contributed by atoms with van der Waals surface area (Å²) in [6.45, 7) is 1.87. The monoisotopic (exact) mass is 273 g/mol. The van der Waals surface area contributed by atoms with E-state index in [4.69, 9.17) is 27.7 Å². The SMILES string of the molecule is Cc1cc(=O)oc2cc(N)ccc12.O=S(=O)(O)O. The molecule has 0 atom stereocenters. The van der Waals surface area contributed by atoms with Gasteiger partial charge in [-0.1, -0.05) is 0 Å². The number of nitrogen functional groups attached to an aromatic ring is 1. The minimum atomic E-state index is -4.67. The lowest BCUT2D eigenvalue weighted by molar-refractivity contribution is 0.381. The van der Waals surface area contributed by atoms with Crippen LogP contribution in [0.1, 0.15) is 5.56 Å². The van der Waals surface area contributed by atoms with E-state index in [9.17, 15) is 4.79 Å². The van der Waals surface area contributed by atoms with Crippen molar-refractivity contribution >= 4 is 27.1 Å². The van der Waals surface area contributed by atoms with E-state index >= 15 is 0 Å². The predicted octanol–water partition coefficient (Wildman–Crippen LogP) is 1.03. The molecule has 0 amide bonds. The van der Waals surface area contributed by atoms with E-state index in [2.05, 4.69) is 0 Å². The van der Waals surface area contributed by atoms with Crippen LogP contribution < -0.4 is 11.4 Å². The van der Waals surface area contributed by atoms with Gasteiger partial charge in [0.25, 0.3) is 0 Å². The van der Waals surface area contributed by atoms with Gasteiger partial charge in [-0.15, -0.1) is 0 Å². The number of rotatable bonds is 0. The zero-order chi connectivity index (χ0) is 13.9. The van der Waals surface area contributed by atoms with E-state index in [1.807, 2.05) is 13.0 Å². The Bertz CT molecular complexity index is 711. The number of fused-ring (bicyclic) bond motifs is 1. The molecule has 0 radical (unpaired) electrons. The topological polar surface area (TPSA) is 131 Å². The smallest absolute Gasteiger partial charge is 0.394 e. The van der Waals surface area contributed by atoms with Crippen LogP contribution in [-0.2, 0) is 10.4 Å². The zero-order valence-electron chi connectivity index (χ0n) is 9.32. The van der Waals surface area contributed by atoms with Crippen LogP contribution in [0.4, 0.5) is 5.69 Å². The Morgan fingerprint density at radius 2 is 1.78 bits per heavy atom. The third-order valence-corrected chi connectivity index (χ3v) is 1.98. The molecule has 0 aliphatic carbocycles. The molecule has 2 rings (SSSR count). The minimum Gasteiger partial charge on any atom is -0.423 e. The van der Waals surface area contributed by atoms with Gasteiger partial charge in [-0.2, -0.15) is 8.42 Å². The molecule has 0 aliphatic heterocycles. The van der Waals surface area contributed by atoms with Gasteiger partial charge in [-0.05, 0) is 24.6 Å².